The summed E-state index contributed by atoms with van der Waals surface area (Å²) < 4.78 is 17.4. The molecule has 0 radical (unpaired) electrons. The van der Waals surface area contributed by atoms with Gasteiger partial charge in [-0.05, 0) is 25.8 Å². The molecular formula is C10H22O3PtSi2. The van der Waals surface area contributed by atoms with Gasteiger partial charge in [0.1, 0.15) is 0 Å². The summed E-state index contributed by atoms with van der Waals surface area (Å²) in [6, 6.07) is 0. The molecule has 6 heteroatoms. The largest absolute Gasteiger partial charge is 0.396 e. The van der Waals surface area contributed by atoms with Crippen LogP contribution in [0, 0.1) is 0 Å². The molecule has 0 aromatic carbocycles. The van der Waals surface area contributed by atoms with Crippen molar-refractivity contribution in [3.8, 4) is 0 Å². The molecule has 1 atom stereocenters. The second-order valence-electron chi connectivity index (χ2n) is 4.15. The Morgan fingerprint density at radius 1 is 1.38 bits per heavy atom. The molecule has 1 aliphatic rings. The fourth-order valence-electron chi connectivity index (χ4n) is 2.25. The van der Waals surface area contributed by atoms with E-state index < -0.39 is 18.1 Å². The zero-order chi connectivity index (χ0) is 11.4. The first-order valence-corrected chi connectivity index (χ1v) is 9.33. The molecule has 1 fully saturated rings. The van der Waals surface area contributed by atoms with Crippen molar-refractivity contribution < 1.29 is 34.7 Å². The van der Waals surface area contributed by atoms with Crippen molar-refractivity contribution in [1.82, 2.24) is 0 Å². The van der Waals surface area contributed by atoms with Gasteiger partial charge in [0.25, 0.3) is 0 Å². The maximum Gasteiger partial charge on any atom is 0.363 e. The van der Waals surface area contributed by atoms with Crippen molar-refractivity contribution in [3.63, 3.8) is 0 Å². The molecule has 0 aromatic rings. The summed E-state index contributed by atoms with van der Waals surface area (Å²) in [5.74, 6) is 0. The van der Waals surface area contributed by atoms with E-state index in [4.69, 9.17) is 13.6 Å². The van der Waals surface area contributed by atoms with Crippen LogP contribution in [0.1, 0.15) is 19.3 Å². The van der Waals surface area contributed by atoms with Crippen LogP contribution in [0.15, 0.2) is 12.3 Å². The molecule has 1 aliphatic heterocycles. The van der Waals surface area contributed by atoms with Gasteiger partial charge in [-0.2, -0.15) is 0 Å². The second kappa shape index (κ2) is 7.24. The molecule has 0 amide bonds. The molecule has 1 heterocycles. The topological polar surface area (TPSA) is 27.7 Å². The molecule has 0 aromatic heterocycles. The summed E-state index contributed by atoms with van der Waals surface area (Å²) in [7, 11) is 0.783. The first kappa shape index (κ1) is 16.7. The Morgan fingerprint density at radius 2 is 2.00 bits per heavy atom. The number of ether oxygens (including phenoxy) is 1. The van der Waals surface area contributed by atoms with Crippen LogP contribution >= 0.6 is 0 Å². The van der Waals surface area contributed by atoms with E-state index in [1.807, 2.05) is 0 Å². The maximum atomic E-state index is 6.06. The molecular weight excluding hydrogens is 419 g/mol. The summed E-state index contributed by atoms with van der Waals surface area (Å²) >= 11 is 0. The first-order valence-electron chi connectivity index (χ1n) is 5.49. The van der Waals surface area contributed by atoms with Crippen LogP contribution in [0.25, 0.3) is 0 Å². The molecule has 0 bridgehead atoms. The Bertz CT molecular complexity index is 216. The Balaban J connectivity index is 0.00000225. The summed E-state index contributed by atoms with van der Waals surface area (Å²) in [5.41, 5.74) is 2.05. The van der Waals surface area contributed by atoms with E-state index in [1.165, 1.54) is 6.42 Å². The van der Waals surface area contributed by atoms with Crippen molar-refractivity contribution in [2.24, 2.45) is 0 Å². The molecule has 0 saturated carbocycles. The third-order valence-electron chi connectivity index (χ3n) is 3.43. The average Bonchev–Trinajstić information content (AvgIpc) is 2.29. The van der Waals surface area contributed by atoms with Crippen LogP contribution in [0.5, 0.6) is 0 Å². The van der Waals surface area contributed by atoms with E-state index in [2.05, 4.69) is 18.8 Å². The van der Waals surface area contributed by atoms with E-state index in [1.54, 1.807) is 14.2 Å². The molecule has 1 rings (SSSR count). The molecule has 16 heavy (non-hydrogen) atoms. The Kier molecular flexibility index (Phi) is 7.57. The van der Waals surface area contributed by atoms with Gasteiger partial charge in [-0.1, -0.05) is 0 Å². The molecule has 1 unspecified atom stereocenters. The minimum Gasteiger partial charge on any atom is -0.396 e. The van der Waals surface area contributed by atoms with E-state index >= 15 is 0 Å². The zero-order valence-electron chi connectivity index (χ0n) is 10.4. The third-order valence-corrected chi connectivity index (χ3v) is 11.1. The van der Waals surface area contributed by atoms with E-state index in [0.717, 1.165) is 19.4 Å². The number of hydrogen-bond acceptors (Lipinski definition) is 3. The number of hydrogen-bond donors (Lipinski definition) is 0. The van der Waals surface area contributed by atoms with Gasteiger partial charge in [0, 0.05) is 41.9 Å². The van der Waals surface area contributed by atoms with E-state index in [9.17, 15) is 0 Å². The van der Waals surface area contributed by atoms with Gasteiger partial charge in [0.2, 0.25) is 0 Å². The van der Waals surface area contributed by atoms with Crippen LogP contribution in [-0.2, 0) is 34.7 Å². The Morgan fingerprint density at radius 3 is 2.38 bits per heavy atom. The van der Waals surface area contributed by atoms with Crippen molar-refractivity contribution >= 4 is 18.1 Å². The van der Waals surface area contributed by atoms with Crippen molar-refractivity contribution in [2.45, 2.75) is 30.7 Å². The second-order valence-corrected chi connectivity index (χ2v) is 10.6. The molecule has 1 saturated heterocycles. The smallest absolute Gasteiger partial charge is 0.363 e. The fourth-order valence-corrected chi connectivity index (χ4v) is 8.12. The molecule has 98 valence electrons. The summed E-state index contributed by atoms with van der Waals surface area (Å²) in [4.78, 5) is -0.101. The van der Waals surface area contributed by atoms with Gasteiger partial charge < -0.3 is 13.6 Å². The standard InChI is InChI=1S/C10H22O3Si2.Pt/c1-5-14-10(8-6-7-9-13-10)15(4,11-2)12-3;/h5H,1,6-9,14H2,2-4H3;. The van der Waals surface area contributed by atoms with Crippen molar-refractivity contribution in [1.29, 1.82) is 0 Å². The van der Waals surface area contributed by atoms with Crippen LogP contribution < -0.4 is 0 Å². The maximum absolute atomic E-state index is 6.06. The van der Waals surface area contributed by atoms with E-state index in [-0.39, 0.29) is 25.9 Å². The summed E-state index contributed by atoms with van der Waals surface area (Å²) in [6.45, 7) is 6.82. The number of rotatable bonds is 5. The first-order chi connectivity index (χ1) is 7.14. The normalized spacial score (nSPS) is 26.7. The third kappa shape index (κ3) is 3.15. The van der Waals surface area contributed by atoms with Gasteiger partial charge in [0.15, 0.2) is 0 Å². The summed E-state index contributed by atoms with van der Waals surface area (Å²) in [6.07, 6.45) is 3.46. The Labute approximate surface area is 116 Å². The fraction of sp³-hybridized carbons (Fsp3) is 0.800. The molecule has 0 spiro atoms. The molecule has 0 N–H and O–H groups in total. The molecule has 0 aliphatic carbocycles. The minimum absolute atomic E-state index is 0. The van der Waals surface area contributed by atoms with Crippen LogP contribution in [-0.4, -0.2) is 43.8 Å². The van der Waals surface area contributed by atoms with Gasteiger partial charge in [-0.25, -0.2) is 0 Å². The van der Waals surface area contributed by atoms with E-state index in [0.29, 0.717) is 0 Å². The van der Waals surface area contributed by atoms with Crippen LogP contribution in [0.4, 0.5) is 0 Å². The van der Waals surface area contributed by atoms with Gasteiger partial charge >= 0.3 is 8.56 Å². The van der Waals surface area contributed by atoms with Crippen LogP contribution in [0.3, 0.4) is 0 Å². The van der Waals surface area contributed by atoms with Crippen molar-refractivity contribution in [3.05, 3.63) is 12.3 Å². The van der Waals surface area contributed by atoms with Crippen LogP contribution in [0.2, 0.25) is 6.55 Å². The zero-order valence-corrected chi connectivity index (χ0v) is 15.0. The monoisotopic (exact) mass is 441 g/mol. The Hall–Kier alpha value is 0.742. The predicted octanol–water partition coefficient (Wildman–Crippen LogP) is 1.10. The minimum atomic E-state index is -2.20. The van der Waals surface area contributed by atoms with Gasteiger partial charge in [0.05, 0.1) is 14.4 Å². The average molecular weight is 442 g/mol. The summed E-state index contributed by atoms with van der Waals surface area (Å²) in [5, 5.41) is 0. The van der Waals surface area contributed by atoms with Gasteiger partial charge in [-0.15, -0.1) is 12.3 Å². The molecule has 3 nitrogen and oxygen atoms in total. The van der Waals surface area contributed by atoms with Crippen molar-refractivity contribution in [2.75, 3.05) is 20.8 Å². The SMILES string of the molecule is C=C[SiH2]C1([Si](C)(OC)OC)CCCCO1.[Pt]. The predicted molar refractivity (Wildman–Crippen MR) is 66.9 cm³/mol. The van der Waals surface area contributed by atoms with Gasteiger partial charge in [-0.3, -0.25) is 0 Å². The quantitative estimate of drug-likeness (QED) is 0.598.